The van der Waals surface area contributed by atoms with Gasteiger partial charge in [-0.25, -0.2) is 0 Å². The van der Waals surface area contributed by atoms with Gasteiger partial charge in [0.05, 0.1) is 4.47 Å². The molecule has 2 amide bonds. The van der Waals surface area contributed by atoms with Gasteiger partial charge < -0.3 is 15.0 Å². The highest BCUT2D eigenvalue weighted by molar-refractivity contribution is 9.10. The first-order valence-corrected chi connectivity index (χ1v) is 14.1. The molecule has 4 aromatic carbocycles. The summed E-state index contributed by atoms with van der Waals surface area (Å²) in [5.41, 5.74) is 1.71. The van der Waals surface area contributed by atoms with E-state index in [1.54, 1.807) is 11.0 Å². The van der Waals surface area contributed by atoms with Crippen LogP contribution >= 0.6 is 27.5 Å². The Balaban J connectivity index is 1.64. The molecule has 0 spiro atoms. The van der Waals surface area contributed by atoms with Gasteiger partial charge in [-0.05, 0) is 55.9 Å². The second kappa shape index (κ2) is 13.6. The highest BCUT2D eigenvalue weighted by Crippen LogP contribution is 2.33. The predicted octanol–water partition coefficient (Wildman–Crippen LogP) is 7.05. The Morgan fingerprint density at radius 3 is 2.36 bits per heavy atom. The van der Waals surface area contributed by atoms with Gasteiger partial charge in [-0.1, -0.05) is 104 Å². The highest BCUT2D eigenvalue weighted by Gasteiger charge is 2.31. The summed E-state index contributed by atoms with van der Waals surface area (Å²) in [6.45, 7) is 4.53. The van der Waals surface area contributed by atoms with Crippen molar-refractivity contribution in [3.63, 3.8) is 0 Å². The standard InChI is InChI=1S/C32H32BrClN2O3/c1-22(2)19-35-32(38)28(18-23-10-4-3-5-11-23)36(20-25-13-7-9-15-27(25)34)30(37)21-39-29-17-16-24-12-6-8-14-26(24)31(29)33/h3-17,22,28H,18-21H2,1-2H3,(H,35,38)/t28-/m0/s1. The lowest BCUT2D eigenvalue weighted by Crippen LogP contribution is -2.52. The van der Waals surface area contributed by atoms with Crippen LogP contribution in [0.15, 0.2) is 95.5 Å². The lowest BCUT2D eigenvalue weighted by Gasteiger charge is -2.32. The Morgan fingerprint density at radius 1 is 0.923 bits per heavy atom. The van der Waals surface area contributed by atoms with Crippen LogP contribution in [0.5, 0.6) is 5.75 Å². The molecule has 0 aliphatic carbocycles. The molecule has 7 heteroatoms. The van der Waals surface area contributed by atoms with Crippen LogP contribution in [-0.4, -0.2) is 35.9 Å². The SMILES string of the molecule is CC(C)CNC(=O)[C@H](Cc1ccccc1)N(Cc1ccccc1Cl)C(=O)COc1ccc2ccccc2c1Br. The zero-order valence-electron chi connectivity index (χ0n) is 22.1. The molecular weight excluding hydrogens is 576 g/mol. The molecule has 4 rings (SSSR count). The van der Waals surface area contributed by atoms with Crippen LogP contribution in [0.2, 0.25) is 5.02 Å². The van der Waals surface area contributed by atoms with Crippen LogP contribution in [0.4, 0.5) is 0 Å². The van der Waals surface area contributed by atoms with E-state index < -0.39 is 6.04 Å². The summed E-state index contributed by atoms with van der Waals surface area (Å²) in [6.07, 6.45) is 0.362. The molecule has 202 valence electrons. The number of nitrogens with one attached hydrogen (secondary N) is 1. The smallest absolute Gasteiger partial charge is 0.261 e. The topological polar surface area (TPSA) is 58.6 Å². The summed E-state index contributed by atoms with van der Waals surface area (Å²) in [5, 5.41) is 5.62. The van der Waals surface area contributed by atoms with Crippen molar-refractivity contribution in [2.45, 2.75) is 32.9 Å². The predicted molar refractivity (Wildman–Crippen MR) is 161 cm³/mol. The molecule has 0 unspecified atom stereocenters. The number of halogens is 2. The first kappa shape index (κ1) is 28.7. The Labute approximate surface area is 243 Å². The summed E-state index contributed by atoms with van der Waals surface area (Å²) in [7, 11) is 0. The number of ether oxygens (including phenoxy) is 1. The number of nitrogens with zero attached hydrogens (tertiary/aromatic N) is 1. The number of rotatable bonds is 11. The van der Waals surface area contributed by atoms with E-state index in [4.69, 9.17) is 16.3 Å². The third-order valence-electron chi connectivity index (χ3n) is 6.43. The van der Waals surface area contributed by atoms with E-state index in [0.717, 1.165) is 26.4 Å². The molecule has 0 aliphatic heterocycles. The van der Waals surface area contributed by atoms with Crippen molar-refractivity contribution in [2.75, 3.05) is 13.2 Å². The zero-order chi connectivity index (χ0) is 27.8. The lowest BCUT2D eigenvalue weighted by atomic mass is 10.0. The van der Waals surface area contributed by atoms with Gasteiger partial charge in [0.2, 0.25) is 5.91 Å². The molecule has 0 aromatic heterocycles. The molecule has 4 aromatic rings. The number of amides is 2. The monoisotopic (exact) mass is 606 g/mol. The van der Waals surface area contributed by atoms with Gasteiger partial charge in [-0.2, -0.15) is 0 Å². The molecule has 0 fully saturated rings. The molecule has 5 nitrogen and oxygen atoms in total. The van der Waals surface area contributed by atoms with E-state index in [0.29, 0.717) is 23.7 Å². The fourth-order valence-electron chi connectivity index (χ4n) is 4.33. The number of benzene rings is 4. The van der Waals surface area contributed by atoms with Crippen molar-refractivity contribution in [3.8, 4) is 5.75 Å². The Hall–Kier alpha value is -3.35. The van der Waals surface area contributed by atoms with E-state index >= 15 is 0 Å². The Kier molecular flexibility index (Phi) is 10.0. The number of hydrogen-bond donors (Lipinski definition) is 1. The third kappa shape index (κ3) is 7.61. The van der Waals surface area contributed by atoms with Crippen LogP contribution in [0, 0.1) is 5.92 Å². The molecule has 0 saturated heterocycles. The maximum absolute atomic E-state index is 13.8. The van der Waals surface area contributed by atoms with E-state index in [9.17, 15) is 9.59 Å². The van der Waals surface area contributed by atoms with Crippen molar-refractivity contribution in [3.05, 3.63) is 112 Å². The first-order valence-electron chi connectivity index (χ1n) is 13.0. The second-order valence-corrected chi connectivity index (χ2v) is 11.0. The van der Waals surface area contributed by atoms with Crippen molar-refractivity contribution >= 4 is 50.1 Å². The third-order valence-corrected chi connectivity index (χ3v) is 7.62. The minimum absolute atomic E-state index is 0.174. The highest BCUT2D eigenvalue weighted by atomic mass is 79.9. The van der Waals surface area contributed by atoms with Crippen LogP contribution in [0.3, 0.4) is 0 Å². The summed E-state index contributed by atoms with van der Waals surface area (Å²) >= 11 is 10.1. The second-order valence-electron chi connectivity index (χ2n) is 9.85. The maximum Gasteiger partial charge on any atom is 0.261 e. The van der Waals surface area contributed by atoms with Gasteiger partial charge in [-0.3, -0.25) is 9.59 Å². The molecule has 39 heavy (non-hydrogen) atoms. The van der Waals surface area contributed by atoms with Crippen LogP contribution in [-0.2, 0) is 22.6 Å². The number of fused-ring (bicyclic) bond motifs is 1. The average molecular weight is 608 g/mol. The van der Waals surface area contributed by atoms with Crippen molar-refractivity contribution in [2.24, 2.45) is 5.92 Å². The summed E-state index contributed by atoms with van der Waals surface area (Å²) < 4.78 is 6.81. The molecule has 1 atom stereocenters. The van der Waals surface area contributed by atoms with Gasteiger partial charge in [0, 0.05) is 24.5 Å². The van der Waals surface area contributed by atoms with Crippen molar-refractivity contribution < 1.29 is 14.3 Å². The largest absolute Gasteiger partial charge is 0.483 e. The maximum atomic E-state index is 13.8. The van der Waals surface area contributed by atoms with Crippen molar-refractivity contribution in [1.29, 1.82) is 0 Å². The van der Waals surface area contributed by atoms with Gasteiger partial charge >= 0.3 is 0 Å². The Morgan fingerprint density at radius 2 is 1.62 bits per heavy atom. The van der Waals surface area contributed by atoms with E-state index in [1.165, 1.54) is 0 Å². The molecule has 0 radical (unpaired) electrons. The van der Waals surface area contributed by atoms with Gasteiger partial charge in [0.1, 0.15) is 11.8 Å². The van der Waals surface area contributed by atoms with E-state index in [2.05, 4.69) is 21.2 Å². The fraction of sp³-hybridized carbons (Fsp3) is 0.250. The van der Waals surface area contributed by atoms with E-state index in [-0.39, 0.29) is 30.9 Å². The minimum Gasteiger partial charge on any atom is -0.483 e. The number of carbonyl (C=O) groups excluding carboxylic acids is 2. The van der Waals surface area contributed by atoms with E-state index in [1.807, 2.05) is 98.8 Å². The van der Waals surface area contributed by atoms with Crippen LogP contribution < -0.4 is 10.1 Å². The molecule has 0 aliphatic rings. The lowest BCUT2D eigenvalue weighted by molar-refractivity contribution is -0.142. The zero-order valence-corrected chi connectivity index (χ0v) is 24.4. The Bertz CT molecular complexity index is 1430. The molecule has 0 saturated carbocycles. The van der Waals surface area contributed by atoms with Crippen LogP contribution in [0.25, 0.3) is 10.8 Å². The van der Waals surface area contributed by atoms with Crippen LogP contribution in [0.1, 0.15) is 25.0 Å². The van der Waals surface area contributed by atoms with Crippen molar-refractivity contribution in [1.82, 2.24) is 10.2 Å². The average Bonchev–Trinajstić information content (AvgIpc) is 2.94. The molecule has 0 bridgehead atoms. The molecule has 1 N–H and O–H groups in total. The normalized spacial score (nSPS) is 11.8. The summed E-state index contributed by atoms with van der Waals surface area (Å²) in [4.78, 5) is 29.0. The quantitative estimate of drug-likeness (QED) is 0.199. The summed E-state index contributed by atoms with van der Waals surface area (Å²) in [6, 6.07) is 28.1. The molecule has 0 heterocycles. The summed E-state index contributed by atoms with van der Waals surface area (Å²) in [5.74, 6) is 0.312. The first-order chi connectivity index (χ1) is 18.8. The number of carbonyl (C=O) groups is 2. The molecular formula is C32H32BrClN2O3. The minimum atomic E-state index is -0.751. The van der Waals surface area contributed by atoms with Gasteiger partial charge in [0.15, 0.2) is 6.61 Å². The van der Waals surface area contributed by atoms with Gasteiger partial charge in [-0.15, -0.1) is 0 Å². The van der Waals surface area contributed by atoms with Gasteiger partial charge in [0.25, 0.3) is 5.91 Å². The fourth-order valence-corrected chi connectivity index (χ4v) is 5.14. The number of hydrogen-bond acceptors (Lipinski definition) is 3.